The van der Waals surface area contributed by atoms with Gasteiger partial charge in [-0.3, -0.25) is 0 Å². The van der Waals surface area contributed by atoms with Crippen molar-refractivity contribution in [3.8, 4) is 11.3 Å². The molecule has 2 rings (SSSR count). The number of nitrogens with zero attached hydrogens (tertiary/aromatic N) is 1. The summed E-state index contributed by atoms with van der Waals surface area (Å²) in [6, 6.07) is 13.0. The maximum Gasteiger partial charge on any atom is 0.145 e. The molecule has 1 aromatic heterocycles. The molecule has 0 bridgehead atoms. The quantitative estimate of drug-likeness (QED) is 0.696. The van der Waals surface area contributed by atoms with Gasteiger partial charge in [-0.15, -0.1) is 0 Å². The molecule has 0 saturated carbocycles. The van der Waals surface area contributed by atoms with Crippen LogP contribution in [-0.4, -0.2) is 5.16 Å². The van der Waals surface area contributed by atoms with Crippen LogP contribution in [0.2, 0.25) is 0 Å². The Kier molecular flexibility index (Phi) is 2.13. The molecule has 13 heavy (non-hydrogen) atoms. The largest absolute Gasteiger partial charge is 0.360 e. The third-order valence-corrected chi connectivity index (χ3v) is 1.87. The number of hydrogen-bond donors (Lipinski definition) is 0. The first-order chi connectivity index (χ1) is 6.40. The zero-order valence-electron chi connectivity index (χ0n) is 7.45. The van der Waals surface area contributed by atoms with E-state index in [2.05, 4.69) is 11.2 Å². The Hall–Kier alpha value is -1.57. The number of rotatable bonds is 2. The summed E-state index contributed by atoms with van der Waals surface area (Å²) in [6.07, 6.45) is 0.833. The lowest BCUT2D eigenvalue weighted by Gasteiger charge is -1.90. The van der Waals surface area contributed by atoms with E-state index in [1.165, 1.54) is 0 Å². The fraction of sp³-hybridized carbons (Fsp3) is 0.182. The van der Waals surface area contributed by atoms with Gasteiger partial charge in [0.05, 0.1) is 6.07 Å². The molecule has 0 aliphatic heterocycles. The zero-order valence-corrected chi connectivity index (χ0v) is 7.45. The average Bonchev–Trinajstić information content (AvgIpc) is 2.67. The highest BCUT2D eigenvalue weighted by Gasteiger charge is 2.04. The molecular formula is C11H10NO. The van der Waals surface area contributed by atoms with Gasteiger partial charge in [-0.2, -0.15) is 0 Å². The minimum absolute atomic E-state index is 0.789. The molecule has 2 nitrogen and oxygen atoms in total. The van der Waals surface area contributed by atoms with Crippen molar-refractivity contribution in [2.24, 2.45) is 0 Å². The normalized spacial score (nSPS) is 10.2. The van der Waals surface area contributed by atoms with Crippen molar-refractivity contribution in [1.29, 1.82) is 0 Å². The minimum Gasteiger partial charge on any atom is -0.360 e. The Labute approximate surface area is 77.2 Å². The summed E-state index contributed by atoms with van der Waals surface area (Å²) in [4.78, 5) is 0. The molecule has 1 aromatic carbocycles. The van der Waals surface area contributed by atoms with Gasteiger partial charge in [0.15, 0.2) is 0 Å². The SMILES string of the molecule is CCc1[c]c(-c2ccccc2)no1. The number of aromatic nitrogens is 1. The summed E-state index contributed by atoms with van der Waals surface area (Å²) in [5.41, 5.74) is 1.84. The van der Waals surface area contributed by atoms with Crippen LogP contribution in [0.4, 0.5) is 0 Å². The van der Waals surface area contributed by atoms with Crippen molar-refractivity contribution in [3.05, 3.63) is 42.2 Å². The van der Waals surface area contributed by atoms with Crippen LogP contribution in [0.25, 0.3) is 11.3 Å². The number of benzene rings is 1. The van der Waals surface area contributed by atoms with Crippen LogP contribution in [0.3, 0.4) is 0 Å². The van der Waals surface area contributed by atoms with Gasteiger partial charge in [-0.05, 0) is 0 Å². The first-order valence-corrected chi connectivity index (χ1v) is 4.33. The second-order valence-electron chi connectivity index (χ2n) is 2.80. The van der Waals surface area contributed by atoms with Gasteiger partial charge in [-0.1, -0.05) is 42.4 Å². The van der Waals surface area contributed by atoms with Gasteiger partial charge in [0.25, 0.3) is 0 Å². The molecule has 0 spiro atoms. The van der Waals surface area contributed by atoms with Crippen LogP contribution in [0, 0.1) is 6.07 Å². The van der Waals surface area contributed by atoms with Crippen molar-refractivity contribution in [2.75, 3.05) is 0 Å². The van der Waals surface area contributed by atoms with Gasteiger partial charge in [-0.25, -0.2) is 0 Å². The summed E-state index contributed by atoms with van der Waals surface area (Å²) in [6.45, 7) is 2.02. The smallest absolute Gasteiger partial charge is 0.145 e. The van der Waals surface area contributed by atoms with E-state index < -0.39 is 0 Å². The molecular weight excluding hydrogens is 162 g/mol. The van der Waals surface area contributed by atoms with Crippen LogP contribution in [0.1, 0.15) is 12.7 Å². The number of aryl methyl sites for hydroxylation is 1. The maximum atomic E-state index is 5.06. The summed E-state index contributed by atoms with van der Waals surface area (Å²) in [7, 11) is 0. The average molecular weight is 172 g/mol. The first kappa shape index (κ1) is 8.05. The monoisotopic (exact) mass is 172 g/mol. The van der Waals surface area contributed by atoms with E-state index in [9.17, 15) is 0 Å². The predicted octanol–water partition coefficient (Wildman–Crippen LogP) is 2.70. The molecule has 0 saturated heterocycles. The van der Waals surface area contributed by atoms with E-state index in [1.54, 1.807) is 0 Å². The molecule has 0 amide bonds. The molecule has 65 valence electrons. The van der Waals surface area contributed by atoms with Crippen LogP contribution in [-0.2, 0) is 6.42 Å². The highest BCUT2D eigenvalue weighted by atomic mass is 16.5. The third kappa shape index (κ3) is 1.61. The number of hydrogen-bond acceptors (Lipinski definition) is 2. The van der Waals surface area contributed by atoms with Gasteiger partial charge in [0, 0.05) is 12.0 Å². The standard InChI is InChI=1S/C11H10NO/c1-2-10-8-11(12-13-10)9-6-4-3-5-7-9/h3-7H,2H2,1H3. The van der Waals surface area contributed by atoms with E-state index in [0.717, 1.165) is 23.4 Å². The molecule has 0 aliphatic carbocycles. The third-order valence-electron chi connectivity index (χ3n) is 1.87. The molecule has 0 fully saturated rings. The van der Waals surface area contributed by atoms with Crippen LogP contribution >= 0.6 is 0 Å². The van der Waals surface area contributed by atoms with Crippen molar-refractivity contribution in [1.82, 2.24) is 5.16 Å². The summed E-state index contributed by atoms with van der Waals surface area (Å²) < 4.78 is 5.06. The topological polar surface area (TPSA) is 26.0 Å². The summed E-state index contributed by atoms with van der Waals surface area (Å²) in [5, 5.41) is 3.93. The van der Waals surface area contributed by atoms with Crippen LogP contribution in [0.15, 0.2) is 34.9 Å². The van der Waals surface area contributed by atoms with E-state index in [0.29, 0.717) is 0 Å². The highest BCUT2D eigenvalue weighted by Crippen LogP contribution is 2.17. The van der Waals surface area contributed by atoms with E-state index in [1.807, 2.05) is 37.3 Å². The molecule has 0 atom stereocenters. The lowest BCUT2D eigenvalue weighted by Crippen LogP contribution is -1.74. The predicted molar refractivity (Wildman–Crippen MR) is 50.2 cm³/mol. The van der Waals surface area contributed by atoms with Crippen LogP contribution in [0.5, 0.6) is 0 Å². The summed E-state index contributed by atoms with van der Waals surface area (Å²) >= 11 is 0. The van der Waals surface area contributed by atoms with Crippen LogP contribution < -0.4 is 0 Å². The maximum absolute atomic E-state index is 5.06. The van der Waals surface area contributed by atoms with Crippen molar-refractivity contribution < 1.29 is 4.52 Å². The Balaban J connectivity index is 2.36. The molecule has 1 radical (unpaired) electrons. The molecule has 0 N–H and O–H groups in total. The molecule has 2 heteroatoms. The van der Waals surface area contributed by atoms with E-state index >= 15 is 0 Å². The molecule has 0 aliphatic rings. The fourth-order valence-electron chi connectivity index (χ4n) is 1.15. The lowest BCUT2D eigenvalue weighted by atomic mass is 10.1. The first-order valence-electron chi connectivity index (χ1n) is 4.33. The van der Waals surface area contributed by atoms with Crippen molar-refractivity contribution in [2.45, 2.75) is 13.3 Å². The Morgan fingerprint density at radius 2 is 2.08 bits per heavy atom. The van der Waals surface area contributed by atoms with E-state index in [4.69, 9.17) is 4.52 Å². The van der Waals surface area contributed by atoms with Crippen molar-refractivity contribution >= 4 is 0 Å². The Bertz CT molecular complexity index is 378. The van der Waals surface area contributed by atoms with E-state index in [-0.39, 0.29) is 0 Å². The second-order valence-corrected chi connectivity index (χ2v) is 2.80. The Morgan fingerprint density at radius 1 is 1.31 bits per heavy atom. The molecule has 1 heterocycles. The minimum atomic E-state index is 0.789. The van der Waals surface area contributed by atoms with Gasteiger partial charge in [0.2, 0.25) is 0 Å². The zero-order chi connectivity index (χ0) is 9.10. The van der Waals surface area contributed by atoms with Gasteiger partial charge in [0.1, 0.15) is 11.5 Å². The highest BCUT2D eigenvalue weighted by molar-refractivity contribution is 5.57. The van der Waals surface area contributed by atoms with Crippen molar-refractivity contribution in [3.63, 3.8) is 0 Å². The molecule has 2 aromatic rings. The van der Waals surface area contributed by atoms with Gasteiger partial charge >= 0.3 is 0 Å². The fourth-order valence-corrected chi connectivity index (χ4v) is 1.15. The Morgan fingerprint density at radius 3 is 2.69 bits per heavy atom. The summed E-state index contributed by atoms with van der Waals surface area (Å²) in [5.74, 6) is 0.804. The van der Waals surface area contributed by atoms with Gasteiger partial charge < -0.3 is 4.52 Å². The molecule has 0 unspecified atom stereocenters. The lowest BCUT2D eigenvalue weighted by molar-refractivity contribution is 0.388. The second kappa shape index (κ2) is 3.44.